The van der Waals surface area contributed by atoms with E-state index < -0.39 is 6.10 Å². The molecule has 0 fully saturated rings. The fourth-order valence-electron chi connectivity index (χ4n) is 2.69. The average molecular weight is 383 g/mol. The number of rotatable bonds is 8. The van der Waals surface area contributed by atoms with E-state index in [1.54, 1.807) is 19.0 Å². The van der Waals surface area contributed by atoms with E-state index in [-0.39, 0.29) is 5.91 Å². The average Bonchev–Trinajstić information content (AvgIpc) is 2.72. The number of carbonyl (C=O) groups excluding carboxylic acids is 1. The first kappa shape index (κ1) is 21.4. The van der Waals surface area contributed by atoms with Gasteiger partial charge in [-0.2, -0.15) is 0 Å². The van der Waals surface area contributed by atoms with Gasteiger partial charge in [0.15, 0.2) is 5.96 Å². The van der Waals surface area contributed by atoms with E-state index in [1.807, 2.05) is 61.5 Å². The van der Waals surface area contributed by atoms with Gasteiger partial charge in [-0.3, -0.25) is 4.79 Å². The lowest BCUT2D eigenvalue weighted by Crippen LogP contribution is -2.38. The maximum atomic E-state index is 11.9. The van der Waals surface area contributed by atoms with Crippen LogP contribution in [0.5, 0.6) is 0 Å². The second kappa shape index (κ2) is 11.1. The molecular weight excluding hydrogens is 352 g/mol. The van der Waals surface area contributed by atoms with E-state index in [2.05, 4.69) is 15.6 Å². The summed E-state index contributed by atoms with van der Waals surface area (Å²) in [5.41, 5.74) is 2.60. The highest BCUT2D eigenvalue weighted by molar-refractivity contribution is 5.93. The van der Waals surface area contributed by atoms with Crippen molar-refractivity contribution in [3.8, 4) is 0 Å². The molecule has 1 amide bonds. The standard InChI is InChI=1S/C22H30N4O2/c1-4-23-22(24-15-14-20(27)18-8-6-5-7-9-18)25-16-17-10-12-19(13-11-17)21(28)26(2)3/h5-13,20,27H,4,14-16H2,1-3H3,(H2,23,24,25). The zero-order valence-electron chi connectivity index (χ0n) is 16.9. The molecule has 0 aromatic heterocycles. The van der Waals surface area contributed by atoms with Crippen LogP contribution < -0.4 is 10.6 Å². The van der Waals surface area contributed by atoms with Crippen molar-refractivity contribution in [1.29, 1.82) is 0 Å². The maximum absolute atomic E-state index is 11.9. The Balaban J connectivity index is 1.88. The quantitative estimate of drug-likeness (QED) is 0.484. The Morgan fingerprint density at radius 2 is 1.75 bits per heavy atom. The van der Waals surface area contributed by atoms with E-state index >= 15 is 0 Å². The van der Waals surface area contributed by atoms with Gasteiger partial charge in [0.05, 0.1) is 12.6 Å². The van der Waals surface area contributed by atoms with E-state index in [0.717, 1.165) is 17.7 Å². The molecule has 0 spiro atoms. The predicted octanol–water partition coefficient (Wildman–Crippen LogP) is 2.57. The molecule has 2 aromatic rings. The number of aliphatic hydroxyl groups excluding tert-OH is 1. The Labute approximate surface area is 167 Å². The van der Waals surface area contributed by atoms with E-state index in [1.165, 1.54) is 0 Å². The van der Waals surface area contributed by atoms with Crippen LogP contribution in [0.15, 0.2) is 59.6 Å². The summed E-state index contributed by atoms with van der Waals surface area (Å²) < 4.78 is 0. The number of amides is 1. The molecule has 28 heavy (non-hydrogen) atoms. The predicted molar refractivity (Wildman–Crippen MR) is 113 cm³/mol. The zero-order valence-corrected chi connectivity index (χ0v) is 16.9. The summed E-state index contributed by atoms with van der Waals surface area (Å²) in [6.07, 6.45) is 0.0915. The highest BCUT2D eigenvalue weighted by atomic mass is 16.3. The number of guanidine groups is 1. The second-order valence-electron chi connectivity index (χ2n) is 6.73. The van der Waals surface area contributed by atoms with Crippen LogP contribution in [0.4, 0.5) is 0 Å². The summed E-state index contributed by atoms with van der Waals surface area (Å²) in [6, 6.07) is 17.1. The molecule has 2 aromatic carbocycles. The molecule has 0 radical (unpaired) electrons. The highest BCUT2D eigenvalue weighted by Gasteiger charge is 2.08. The van der Waals surface area contributed by atoms with E-state index in [9.17, 15) is 9.90 Å². The fraction of sp³-hybridized carbons (Fsp3) is 0.364. The zero-order chi connectivity index (χ0) is 20.4. The van der Waals surface area contributed by atoms with Gasteiger partial charge in [-0.1, -0.05) is 42.5 Å². The minimum Gasteiger partial charge on any atom is -0.388 e. The summed E-state index contributed by atoms with van der Waals surface area (Å²) in [5.74, 6) is 0.693. The summed E-state index contributed by atoms with van der Waals surface area (Å²) in [5, 5.41) is 16.7. The SMILES string of the molecule is CCNC(=NCc1ccc(C(=O)N(C)C)cc1)NCCC(O)c1ccccc1. The van der Waals surface area contributed by atoms with Gasteiger partial charge in [0.2, 0.25) is 0 Å². The number of hydrogen-bond acceptors (Lipinski definition) is 3. The molecule has 0 saturated carbocycles. The summed E-state index contributed by atoms with van der Waals surface area (Å²) >= 11 is 0. The first-order valence-electron chi connectivity index (χ1n) is 9.57. The molecule has 0 aliphatic carbocycles. The van der Waals surface area contributed by atoms with Crippen molar-refractivity contribution in [1.82, 2.24) is 15.5 Å². The molecule has 6 heteroatoms. The Bertz CT molecular complexity index is 758. The van der Waals surface area contributed by atoms with Crippen LogP contribution in [-0.2, 0) is 6.54 Å². The first-order valence-corrected chi connectivity index (χ1v) is 9.57. The normalized spacial score (nSPS) is 12.4. The molecule has 6 nitrogen and oxygen atoms in total. The van der Waals surface area contributed by atoms with Gasteiger partial charge in [0.1, 0.15) is 0 Å². The topological polar surface area (TPSA) is 77.0 Å². The largest absolute Gasteiger partial charge is 0.388 e. The van der Waals surface area contributed by atoms with Crippen LogP contribution in [0.1, 0.15) is 40.9 Å². The number of aliphatic imine (C=N–C) groups is 1. The molecule has 0 aliphatic rings. The third kappa shape index (κ3) is 6.70. The molecule has 3 N–H and O–H groups in total. The van der Waals surface area contributed by atoms with Crippen LogP contribution >= 0.6 is 0 Å². The van der Waals surface area contributed by atoms with Crippen molar-refractivity contribution in [3.63, 3.8) is 0 Å². The molecule has 1 atom stereocenters. The molecule has 0 bridgehead atoms. The van der Waals surface area contributed by atoms with E-state index in [0.29, 0.717) is 31.0 Å². The third-order valence-corrected chi connectivity index (χ3v) is 4.27. The molecular formula is C22H30N4O2. The minimum atomic E-state index is -0.502. The van der Waals surface area contributed by atoms with Crippen molar-refractivity contribution < 1.29 is 9.90 Å². The van der Waals surface area contributed by atoms with Crippen LogP contribution in [0, 0.1) is 0 Å². The van der Waals surface area contributed by atoms with Crippen molar-refractivity contribution in [2.75, 3.05) is 27.2 Å². The van der Waals surface area contributed by atoms with E-state index in [4.69, 9.17) is 0 Å². The summed E-state index contributed by atoms with van der Waals surface area (Å²) in [6.45, 7) is 3.88. The molecule has 0 saturated heterocycles. The smallest absolute Gasteiger partial charge is 0.253 e. The molecule has 0 aliphatic heterocycles. The van der Waals surface area contributed by atoms with Gasteiger partial charge >= 0.3 is 0 Å². The van der Waals surface area contributed by atoms with Crippen LogP contribution in [-0.4, -0.2) is 49.1 Å². The van der Waals surface area contributed by atoms with Crippen LogP contribution in [0.3, 0.4) is 0 Å². The summed E-state index contributed by atoms with van der Waals surface area (Å²) in [4.78, 5) is 18.1. The number of hydrogen-bond donors (Lipinski definition) is 3. The maximum Gasteiger partial charge on any atom is 0.253 e. The Kier molecular flexibility index (Phi) is 8.49. The fourth-order valence-corrected chi connectivity index (χ4v) is 2.69. The minimum absolute atomic E-state index is 0.0120. The Morgan fingerprint density at radius 1 is 1.07 bits per heavy atom. The lowest BCUT2D eigenvalue weighted by Gasteiger charge is -2.14. The van der Waals surface area contributed by atoms with Crippen LogP contribution in [0.2, 0.25) is 0 Å². The lowest BCUT2D eigenvalue weighted by molar-refractivity contribution is 0.0827. The molecule has 2 rings (SSSR count). The van der Waals surface area contributed by atoms with Crippen molar-refractivity contribution >= 4 is 11.9 Å². The van der Waals surface area contributed by atoms with Crippen molar-refractivity contribution in [3.05, 3.63) is 71.3 Å². The van der Waals surface area contributed by atoms with Crippen LogP contribution in [0.25, 0.3) is 0 Å². The van der Waals surface area contributed by atoms with Gasteiger partial charge in [0, 0.05) is 32.7 Å². The van der Waals surface area contributed by atoms with Gasteiger partial charge < -0.3 is 20.6 Å². The molecule has 150 valence electrons. The number of nitrogens with zero attached hydrogens (tertiary/aromatic N) is 2. The Morgan fingerprint density at radius 3 is 2.36 bits per heavy atom. The third-order valence-electron chi connectivity index (χ3n) is 4.27. The van der Waals surface area contributed by atoms with Gasteiger partial charge in [0.25, 0.3) is 5.91 Å². The molecule has 0 heterocycles. The van der Waals surface area contributed by atoms with Gasteiger partial charge in [-0.25, -0.2) is 4.99 Å². The molecule has 1 unspecified atom stereocenters. The van der Waals surface area contributed by atoms with Crippen molar-refractivity contribution in [2.45, 2.75) is 26.0 Å². The monoisotopic (exact) mass is 382 g/mol. The number of aliphatic hydroxyl groups is 1. The summed E-state index contributed by atoms with van der Waals surface area (Å²) in [7, 11) is 3.48. The van der Waals surface area contributed by atoms with Gasteiger partial charge in [-0.15, -0.1) is 0 Å². The number of nitrogens with one attached hydrogen (secondary N) is 2. The second-order valence-corrected chi connectivity index (χ2v) is 6.73. The van der Waals surface area contributed by atoms with Crippen molar-refractivity contribution in [2.24, 2.45) is 4.99 Å². The number of carbonyl (C=O) groups is 1. The highest BCUT2D eigenvalue weighted by Crippen LogP contribution is 2.14. The number of benzene rings is 2. The Hall–Kier alpha value is -2.86. The lowest BCUT2D eigenvalue weighted by atomic mass is 10.1. The van der Waals surface area contributed by atoms with Gasteiger partial charge in [-0.05, 0) is 36.6 Å². The first-order chi connectivity index (χ1) is 13.5.